The van der Waals surface area contributed by atoms with Gasteiger partial charge < -0.3 is 13.9 Å². The molecule has 0 amide bonds. The molecule has 11 aromatic rings. The molecule has 2 heterocycles. The van der Waals surface area contributed by atoms with Gasteiger partial charge in [0.2, 0.25) is 0 Å². The normalized spacial score (nSPS) is 11.5. The lowest BCUT2D eigenvalue weighted by Gasteiger charge is -2.26. The quantitative estimate of drug-likeness (QED) is 0.163. The lowest BCUT2D eigenvalue weighted by Crippen LogP contribution is -2.09. The van der Waals surface area contributed by atoms with Crippen LogP contribution in [-0.2, 0) is 0 Å². The predicted octanol–water partition coefficient (Wildman–Crippen LogP) is 15.2. The first-order valence-corrected chi connectivity index (χ1v) is 19.4. The van der Waals surface area contributed by atoms with Gasteiger partial charge in [0.05, 0.1) is 11.0 Å². The highest BCUT2D eigenvalue weighted by Gasteiger charge is 2.19. The second-order valence-electron chi connectivity index (χ2n) is 14.5. The van der Waals surface area contributed by atoms with E-state index in [1.165, 1.54) is 33.0 Å². The molecule has 0 radical (unpaired) electrons. The number of aromatic nitrogens is 1. The van der Waals surface area contributed by atoms with Gasteiger partial charge in [-0.25, -0.2) is 0 Å². The molecule has 0 bridgehead atoms. The summed E-state index contributed by atoms with van der Waals surface area (Å²) < 4.78 is 8.93. The van der Waals surface area contributed by atoms with E-state index in [4.69, 9.17) is 4.42 Å². The van der Waals surface area contributed by atoms with Gasteiger partial charge in [0.1, 0.15) is 5.58 Å². The van der Waals surface area contributed by atoms with E-state index in [1.54, 1.807) is 0 Å². The summed E-state index contributed by atoms with van der Waals surface area (Å²) in [5, 5.41) is 4.67. The van der Waals surface area contributed by atoms with E-state index in [0.29, 0.717) is 0 Å². The van der Waals surface area contributed by atoms with E-state index in [9.17, 15) is 0 Å². The molecule has 0 atom stereocenters. The lowest BCUT2D eigenvalue weighted by molar-refractivity contribution is 0.671. The van der Waals surface area contributed by atoms with Crippen molar-refractivity contribution in [3.63, 3.8) is 0 Å². The van der Waals surface area contributed by atoms with Crippen LogP contribution in [0, 0.1) is 0 Å². The highest BCUT2D eigenvalue weighted by molar-refractivity contribution is 6.21. The number of hydrogen-bond acceptors (Lipinski definition) is 2. The second kappa shape index (κ2) is 13.6. The minimum absolute atomic E-state index is 0.905. The summed E-state index contributed by atoms with van der Waals surface area (Å²) in [6.07, 6.45) is 0. The molecule has 268 valence electrons. The number of rotatable bonds is 7. The van der Waals surface area contributed by atoms with Crippen LogP contribution in [0.1, 0.15) is 0 Å². The number of para-hydroxylation sites is 2. The predicted molar refractivity (Wildman–Crippen MR) is 239 cm³/mol. The molecule has 0 aliphatic carbocycles. The van der Waals surface area contributed by atoms with Gasteiger partial charge in [-0.05, 0) is 100 Å². The average Bonchev–Trinajstić information content (AvgIpc) is 3.84. The van der Waals surface area contributed by atoms with Crippen LogP contribution in [0.15, 0.2) is 223 Å². The topological polar surface area (TPSA) is 21.3 Å². The van der Waals surface area contributed by atoms with Crippen molar-refractivity contribution in [2.24, 2.45) is 0 Å². The van der Waals surface area contributed by atoms with Gasteiger partial charge in [-0.2, -0.15) is 0 Å². The Morgan fingerprint density at radius 1 is 0.316 bits per heavy atom. The van der Waals surface area contributed by atoms with Crippen molar-refractivity contribution in [2.75, 3.05) is 4.90 Å². The van der Waals surface area contributed by atoms with Crippen LogP contribution in [0.2, 0.25) is 0 Å². The molecule has 0 saturated heterocycles. The molecule has 0 fully saturated rings. The van der Waals surface area contributed by atoms with Crippen molar-refractivity contribution in [2.45, 2.75) is 0 Å². The maximum Gasteiger partial charge on any atom is 0.160 e. The number of hydrogen-bond donors (Lipinski definition) is 0. The van der Waals surface area contributed by atoms with E-state index in [2.05, 4.69) is 222 Å². The molecular formula is C54H36N2O. The fourth-order valence-corrected chi connectivity index (χ4v) is 8.42. The third kappa shape index (κ3) is 5.68. The third-order valence-corrected chi connectivity index (χ3v) is 11.2. The van der Waals surface area contributed by atoms with E-state index in [0.717, 1.165) is 66.8 Å². The van der Waals surface area contributed by atoms with Crippen LogP contribution < -0.4 is 4.90 Å². The first kappa shape index (κ1) is 32.8. The number of benzene rings is 9. The van der Waals surface area contributed by atoms with Crippen molar-refractivity contribution in [3.8, 4) is 39.1 Å². The van der Waals surface area contributed by atoms with Crippen molar-refractivity contribution in [1.29, 1.82) is 0 Å². The highest BCUT2D eigenvalue weighted by atomic mass is 16.3. The Morgan fingerprint density at radius 2 is 0.737 bits per heavy atom. The summed E-state index contributed by atoms with van der Waals surface area (Å²) in [6.45, 7) is 0. The zero-order valence-electron chi connectivity index (χ0n) is 31.1. The standard InChI is InChI=1S/C54H36N2O/c1-3-11-37(12-4-1)39-19-27-43(28-20-39)55(44-29-21-40(22-30-44)38-13-5-2-6-14-38)45-31-23-41(24-32-45)42-25-33-46(34-26-42)56-51-17-9-7-15-47(51)49-35-36-50-48-16-8-10-18-52(48)57-54(50)53(49)56/h1-36H. The largest absolute Gasteiger partial charge is 0.454 e. The Hall–Kier alpha value is -7.62. The minimum atomic E-state index is 0.905. The monoisotopic (exact) mass is 728 g/mol. The molecule has 57 heavy (non-hydrogen) atoms. The molecule has 0 spiro atoms. The van der Waals surface area contributed by atoms with E-state index < -0.39 is 0 Å². The summed E-state index contributed by atoms with van der Waals surface area (Å²) in [5.74, 6) is 0. The van der Waals surface area contributed by atoms with Crippen LogP contribution in [0.5, 0.6) is 0 Å². The van der Waals surface area contributed by atoms with E-state index in [-0.39, 0.29) is 0 Å². The van der Waals surface area contributed by atoms with Gasteiger partial charge in [-0.15, -0.1) is 0 Å². The molecular weight excluding hydrogens is 693 g/mol. The Kier molecular flexibility index (Phi) is 7.82. The van der Waals surface area contributed by atoms with Crippen LogP contribution >= 0.6 is 0 Å². The van der Waals surface area contributed by atoms with Gasteiger partial charge in [0.25, 0.3) is 0 Å². The van der Waals surface area contributed by atoms with E-state index in [1.807, 2.05) is 6.07 Å². The minimum Gasteiger partial charge on any atom is -0.454 e. The fourth-order valence-electron chi connectivity index (χ4n) is 8.42. The van der Waals surface area contributed by atoms with Crippen LogP contribution in [0.25, 0.3) is 82.8 Å². The molecule has 0 saturated carbocycles. The first-order chi connectivity index (χ1) is 28.3. The summed E-state index contributed by atoms with van der Waals surface area (Å²) in [5.41, 5.74) is 15.6. The Balaban J connectivity index is 0.959. The van der Waals surface area contributed by atoms with Crippen LogP contribution in [0.4, 0.5) is 17.1 Å². The number of furan rings is 1. The van der Waals surface area contributed by atoms with Crippen molar-refractivity contribution < 1.29 is 4.42 Å². The van der Waals surface area contributed by atoms with Crippen LogP contribution in [0.3, 0.4) is 0 Å². The SMILES string of the molecule is c1ccc(-c2ccc(N(c3ccc(-c4ccccc4)cc3)c3ccc(-c4ccc(-n5c6ccccc6c6ccc7c8ccccc8oc7c65)cc4)cc3)cc2)cc1. The molecule has 3 nitrogen and oxygen atoms in total. The van der Waals surface area contributed by atoms with Gasteiger partial charge in [-0.1, -0.05) is 152 Å². The highest BCUT2D eigenvalue weighted by Crippen LogP contribution is 2.41. The molecule has 0 aliphatic rings. The Labute approximate surface area is 330 Å². The summed E-state index contributed by atoms with van der Waals surface area (Å²) in [6, 6.07) is 78.0. The maximum atomic E-state index is 6.57. The second-order valence-corrected chi connectivity index (χ2v) is 14.5. The van der Waals surface area contributed by atoms with Crippen molar-refractivity contribution >= 4 is 60.8 Å². The Bertz CT molecular complexity index is 3100. The van der Waals surface area contributed by atoms with Crippen LogP contribution in [-0.4, -0.2) is 4.57 Å². The Morgan fingerprint density at radius 3 is 1.28 bits per heavy atom. The summed E-state index contributed by atoms with van der Waals surface area (Å²) in [7, 11) is 0. The zero-order chi connectivity index (χ0) is 37.7. The van der Waals surface area contributed by atoms with Crippen molar-refractivity contribution in [3.05, 3.63) is 218 Å². The summed E-state index contributed by atoms with van der Waals surface area (Å²) in [4.78, 5) is 2.33. The zero-order valence-corrected chi connectivity index (χ0v) is 31.1. The molecule has 9 aromatic carbocycles. The molecule has 0 unspecified atom stereocenters. The number of fused-ring (bicyclic) bond motifs is 7. The number of anilines is 3. The molecule has 0 aliphatic heterocycles. The lowest BCUT2D eigenvalue weighted by atomic mass is 10.0. The fraction of sp³-hybridized carbons (Fsp3) is 0. The van der Waals surface area contributed by atoms with Crippen molar-refractivity contribution in [1.82, 2.24) is 4.57 Å². The van der Waals surface area contributed by atoms with Gasteiger partial charge in [0.15, 0.2) is 5.58 Å². The summed E-state index contributed by atoms with van der Waals surface area (Å²) >= 11 is 0. The van der Waals surface area contributed by atoms with E-state index >= 15 is 0 Å². The first-order valence-electron chi connectivity index (χ1n) is 19.4. The van der Waals surface area contributed by atoms with Gasteiger partial charge >= 0.3 is 0 Å². The molecule has 2 aromatic heterocycles. The average molecular weight is 729 g/mol. The molecule has 3 heteroatoms. The third-order valence-electron chi connectivity index (χ3n) is 11.2. The van der Waals surface area contributed by atoms with Gasteiger partial charge in [0, 0.05) is 44.3 Å². The number of nitrogens with zero attached hydrogens (tertiary/aromatic N) is 2. The maximum absolute atomic E-state index is 6.57. The molecule has 0 N–H and O–H groups in total. The smallest absolute Gasteiger partial charge is 0.160 e. The van der Waals surface area contributed by atoms with Gasteiger partial charge in [-0.3, -0.25) is 0 Å². The molecule has 11 rings (SSSR count).